The van der Waals surface area contributed by atoms with Gasteiger partial charge in [-0.05, 0) is 30.2 Å². The van der Waals surface area contributed by atoms with Crippen molar-refractivity contribution in [1.82, 2.24) is 10.2 Å². The Labute approximate surface area is 169 Å². The molecule has 0 atom stereocenters. The highest BCUT2D eigenvalue weighted by Gasteiger charge is 2.16. The summed E-state index contributed by atoms with van der Waals surface area (Å²) in [6, 6.07) is 14.6. The van der Waals surface area contributed by atoms with E-state index in [0.29, 0.717) is 17.0 Å². The van der Waals surface area contributed by atoms with E-state index in [1.54, 1.807) is 38.4 Å². The van der Waals surface area contributed by atoms with Crippen LogP contribution in [0.4, 0.5) is 0 Å². The first-order valence-corrected chi connectivity index (χ1v) is 9.77. The Morgan fingerprint density at radius 2 is 1.71 bits per heavy atom. The van der Waals surface area contributed by atoms with Crippen molar-refractivity contribution in [3.63, 3.8) is 0 Å². The monoisotopic (exact) mass is 400 g/mol. The van der Waals surface area contributed by atoms with Crippen LogP contribution in [0.5, 0.6) is 0 Å². The van der Waals surface area contributed by atoms with Gasteiger partial charge in [0.05, 0.1) is 11.3 Å². The molecule has 0 fully saturated rings. The van der Waals surface area contributed by atoms with Gasteiger partial charge in [-0.3, -0.25) is 9.59 Å². The molecule has 0 spiro atoms. The minimum absolute atomic E-state index is 0.0521. The molecule has 0 saturated heterocycles. The number of hydrogen-bond donors (Lipinski definition) is 1. The summed E-state index contributed by atoms with van der Waals surface area (Å²) in [5, 5.41) is 2.74. The number of nitrogens with one attached hydrogen (secondary N) is 1. The molecule has 2 rings (SSSR count). The normalized spacial score (nSPS) is 10.2. The Bertz CT molecular complexity index is 852. The fourth-order valence-electron chi connectivity index (χ4n) is 2.29. The molecule has 0 aliphatic rings. The van der Waals surface area contributed by atoms with Gasteiger partial charge in [0.25, 0.3) is 5.91 Å². The molecule has 0 aliphatic heterocycles. The quantitative estimate of drug-likeness (QED) is 0.545. The third kappa shape index (κ3) is 6.42. The molecular weight excluding hydrogens is 376 g/mol. The van der Waals surface area contributed by atoms with E-state index < -0.39 is 5.97 Å². The fraction of sp³-hybridized carbons (Fsp3) is 0.286. The summed E-state index contributed by atoms with van der Waals surface area (Å²) in [7, 11) is 3.36. The topological polar surface area (TPSA) is 75.7 Å². The first kappa shape index (κ1) is 21.5. The average Bonchev–Trinajstić information content (AvgIpc) is 2.69. The lowest BCUT2D eigenvalue weighted by Crippen LogP contribution is -2.28. The number of ether oxygens (including phenoxy) is 1. The van der Waals surface area contributed by atoms with E-state index in [1.165, 1.54) is 16.7 Å². The Hall–Kier alpha value is -2.80. The summed E-state index contributed by atoms with van der Waals surface area (Å²) in [6.45, 7) is 1.99. The average molecular weight is 401 g/mol. The van der Waals surface area contributed by atoms with Gasteiger partial charge in [-0.25, -0.2) is 4.79 Å². The first-order chi connectivity index (χ1) is 13.4. The van der Waals surface area contributed by atoms with Gasteiger partial charge in [0.2, 0.25) is 5.91 Å². The summed E-state index contributed by atoms with van der Waals surface area (Å²) >= 11 is 1.26. The number of hydrogen-bond acceptors (Lipinski definition) is 5. The van der Waals surface area contributed by atoms with Crippen LogP contribution in [0.15, 0.2) is 53.4 Å². The molecule has 0 heterocycles. The minimum atomic E-state index is -0.591. The van der Waals surface area contributed by atoms with E-state index in [4.69, 9.17) is 4.74 Å². The highest BCUT2D eigenvalue weighted by atomic mass is 32.2. The number of esters is 1. The maximum absolute atomic E-state index is 12.4. The zero-order chi connectivity index (χ0) is 20.5. The molecule has 2 amide bonds. The predicted octanol–water partition coefficient (Wildman–Crippen LogP) is 2.65. The Kier molecular flexibility index (Phi) is 8.07. The number of rotatable bonds is 8. The lowest BCUT2D eigenvalue weighted by atomic mass is 10.1. The second-order valence-electron chi connectivity index (χ2n) is 6.35. The van der Waals surface area contributed by atoms with Crippen LogP contribution < -0.4 is 5.32 Å². The second-order valence-corrected chi connectivity index (χ2v) is 7.37. The van der Waals surface area contributed by atoms with Crippen molar-refractivity contribution in [3.8, 4) is 0 Å². The molecule has 0 unspecified atom stereocenters. The number of carbonyl (C=O) groups is 3. The van der Waals surface area contributed by atoms with E-state index in [2.05, 4.69) is 5.32 Å². The number of aryl methyl sites for hydroxylation is 1. The van der Waals surface area contributed by atoms with Gasteiger partial charge in [-0.2, -0.15) is 0 Å². The van der Waals surface area contributed by atoms with Crippen molar-refractivity contribution in [2.24, 2.45) is 0 Å². The van der Waals surface area contributed by atoms with Gasteiger partial charge in [0.1, 0.15) is 0 Å². The van der Waals surface area contributed by atoms with E-state index in [-0.39, 0.29) is 24.2 Å². The molecule has 0 aromatic heterocycles. The highest BCUT2D eigenvalue weighted by molar-refractivity contribution is 8.00. The van der Waals surface area contributed by atoms with Crippen LogP contribution in [0.2, 0.25) is 0 Å². The van der Waals surface area contributed by atoms with E-state index in [0.717, 1.165) is 11.1 Å². The molecule has 2 aromatic carbocycles. The molecule has 0 radical (unpaired) electrons. The maximum Gasteiger partial charge on any atom is 0.339 e. The SMILES string of the molecule is Cc1ccccc1CNC(=O)COC(=O)c1ccccc1SCC(=O)N(C)C. The van der Waals surface area contributed by atoms with Crippen molar-refractivity contribution in [3.05, 3.63) is 65.2 Å². The van der Waals surface area contributed by atoms with Crippen molar-refractivity contribution < 1.29 is 19.1 Å². The summed E-state index contributed by atoms with van der Waals surface area (Å²) in [5.41, 5.74) is 2.43. The lowest BCUT2D eigenvalue weighted by Gasteiger charge is -2.12. The van der Waals surface area contributed by atoms with Crippen LogP contribution >= 0.6 is 11.8 Å². The van der Waals surface area contributed by atoms with Crippen molar-refractivity contribution in [1.29, 1.82) is 0 Å². The fourth-order valence-corrected chi connectivity index (χ4v) is 3.31. The van der Waals surface area contributed by atoms with Gasteiger partial charge in [-0.15, -0.1) is 11.8 Å². The predicted molar refractivity (Wildman–Crippen MR) is 109 cm³/mol. The third-order valence-corrected chi connectivity index (χ3v) is 5.09. The summed E-state index contributed by atoms with van der Waals surface area (Å²) < 4.78 is 5.14. The number of benzene rings is 2. The molecule has 0 saturated carbocycles. The van der Waals surface area contributed by atoms with Crippen LogP contribution in [-0.4, -0.2) is 49.1 Å². The molecule has 0 bridgehead atoms. The van der Waals surface area contributed by atoms with Crippen LogP contribution in [0, 0.1) is 6.92 Å². The summed E-state index contributed by atoms with van der Waals surface area (Å²) in [6.07, 6.45) is 0. The number of amides is 2. The Morgan fingerprint density at radius 1 is 1.04 bits per heavy atom. The molecule has 148 valence electrons. The third-order valence-electron chi connectivity index (χ3n) is 4.03. The van der Waals surface area contributed by atoms with Crippen LogP contribution in [0.3, 0.4) is 0 Å². The summed E-state index contributed by atoms with van der Waals surface area (Å²) in [5.74, 6) is -0.798. The highest BCUT2D eigenvalue weighted by Crippen LogP contribution is 2.23. The van der Waals surface area contributed by atoms with Gasteiger partial charge in [-0.1, -0.05) is 36.4 Å². The molecular formula is C21H24N2O4S. The lowest BCUT2D eigenvalue weighted by molar-refractivity contribution is -0.126. The molecule has 2 aromatic rings. The second kappa shape index (κ2) is 10.5. The maximum atomic E-state index is 12.4. The standard InChI is InChI=1S/C21H24N2O4S/c1-15-8-4-5-9-16(15)12-22-19(24)13-27-21(26)17-10-6-7-11-18(17)28-14-20(25)23(2)3/h4-11H,12-14H2,1-3H3,(H,22,24). The zero-order valence-corrected chi connectivity index (χ0v) is 17.0. The molecule has 28 heavy (non-hydrogen) atoms. The smallest absolute Gasteiger partial charge is 0.339 e. The van der Waals surface area contributed by atoms with Gasteiger partial charge < -0.3 is 15.0 Å². The van der Waals surface area contributed by atoms with Crippen molar-refractivity contribution >= 4 is 29.5 Å². The molecule has 6 nitrogen and oxygen atoms in total. The van der Waals surface area contributed by atoms with E-state index in [9.17, 15) is 14.4 Å². The molecule has 0 aliphatic carbocycles. The number of nitrogens with zero attached hydrogens (tertiary/aromatic N) is 1. The largest absolute Gasteiger partial charge is 0.452 e. The van der Waals surface area contributed by atoms with Crippen molar-refractivity contribution in [2.45, 2.75) is 18.4 Å². The van der Waals surface area contributed by atoms with E-state index in [1.807, 2.05) is 31.2 Å². The van der Waals surface area contributed by atoms with Crippen LogP contribution in [0.1, 0.15) is 21.5 Å². The first-order valence-electron chi connectivity index (χ1n) is 8.78. The number of carbonyl (C=O) groups excluding carboxylic acids is 3. The number of thioether (sulfide) groups is 1. The van der Waals surface area contributed by atoms with Crippen LogP contribution in [0.25, 0.3) is 0 Å². The van der Waals surface area contributed by atoms with Gasteiger partial charge in [0, 0.05) is 25.5 Å². The minimum Gasteiger partial charge on any atom is -0.452 e. The van der Waals surface area contributed by atoms with Crippen molar-refractivity contribution in [2.75, 3.05) is 26.5 Å². The zero-order valence-electron chi connectivity index (χ0n) is 16.2. The molecule has 7 heteroatoms. The van der Waals surface area contributed by atoms with Gasteiger partial charge in [0.15, 0.2) is 6.61 Å². The summed E-state index contributed by atoms with van der Waals surface area (Å²) in [4.78, 5) is 38.3. The Morgan fingerprint density at radius 3 is 2.43 bits per heavy atom. The van der Waals surface area contributed by atoms with Gasteiger partial charge >= 0.3 is 5.97 Å². The molecule has 1 N–H and O–H groups in total. The van der Waals surface area contributed by atoms with E-state index >= 15 is 0 Å². The Balaban J connectivity index is 1.88. The van der Waals surface area contributed by atoms with Crippen LogP contribution in [-0.2, 0) is 20.9 Å².